The third-order valence-corrected chi connectivity index (χ3v) is 8.31. The van der Waals surface area contributed by atoms with Gasteiger partial charge in [-0.25, -0.2) is 9.79 Å². The highest BCUT2D eigenvalue weighted by atomic mass is 32.1. The Morgan fingerprint density at radius 1 is 1.13 bits per heavy atom. The number of allylic oxidation sites excluding steroid dienone is 1. The quantitative estimate of drug-likeness (QED) is 0.0925. The van der Waals surface area contributed by atoms with Crippen LogP contribution in [0, 0.1) is 17.0 Å². The lowest BCUT2D eigenvalue weighted by molar-refractivity contribution is -0.384. The van der Waals surface area contributed by atoms with Crippen molar-refractivity contribution in [2.75, 3.05) is 34.0 Å². The number of fused-ring (bicyclic) bond motifs is 1. The van der Waals surface area contributed by atoms with E-state index in [1.807, 2.05) is 6.92 Å². The number of hydrogen-bond donors (Lipinski definition) is 0. The van der Waals surface area contributed by atoms with E-state index in [0.29, 0.717) is 61.3 Å². The number of aromatic nitrogens is 1. The molecule has 0 bridgehead atoms. The lowest BCUT2D eigenvalue weighted by Crippen LogP contribution is -2.40. The van der Waals surface area contributed by atoms with E-state index in [0.717, 1.165) is 17.8 Å². The molecule has 46 heavy (non-hydrogen) atoms. The van der Waals surface area contributed by atoms with Crippen LogP contribution in [0.3, 0.4) is 0 Å². The van der Waals surface area contributed by atoms with E-state index in [9.17, 15) is 19.7 Å². The number of nitro groups is 1. The van der Waals surface area contributed by atoms with Crippen molar-refractivity contribution in [3.05, 3.63) is 106 Å². The van der Waals surface area contributed by atoms with Crippen LogP contribution < -0.4 is 24.4 Å². The van der Waals surface area contributed by atoms with Crippen molar-refractivity contribution in [1.82, 2.24) is 4.57 Å². The van der Waals surface area contributed by atoms with Crippen LogP contribution in [0.1, 0.15) is 43.2 Å². The van der Waals surface area contributed by atoms with Gasteiger partial charge in [0, 0.05) is 36.4 Å². The molecule has 0 aliphatic carbocycles. The van der Waals surface area contributed by atoms with Gasteiger partial charge in [-0.2, -0.15) is 0 Å². The zero-order valence-corrected chi connectivity index (χ0v) is 26.8. The monoisotopic (exact) mass is 647 g/mol. The largest absolute Gasteiger partial charge is 0.493 e. The Morgan fingerprint density at radius 2 is 1.93 bits per heavy atom. The van der Waals surface area contributed by atoms with Crippen LogP contribution in [0.15, 0.2) is 74.0 Å². The number of rotatable bonds is 12. The summed E-state index contributed by atoms with van der Waals surface area (Å²) in [6.07, 6.45) is 2.34. The van der Waals surface area contributed by atoms with Gasteiger partial charge in [-0.1, -0.05) is 30.4 Å². The number of methoxy groups -OCH3 is 2. The van der Waals surface area contributed by atoms with Crippen LogP contribution in [-0.2, 0) is 14.3 Å². The Kier molecular flexibility index (Phi) is 9.83. The second kappa shape index (κ2) is 14.0. The Hall–Kier alpha value is -5.01. The first-order valence-corrected chi connectivity index (χ1v) is 15.3. The van der Waals surface area contributed by atoms with Crippen molar-refractivity contribution >= 4 is 29.1 Å². The summed E-state index contributed by atoms with van der Waals surface area (Å²) in [5, 5.41) is 11.2. The second-order valence-corrected chi connectivity index (χ2v) is 11.4. The van der Waals surface area contributed by atoms with E-state index >= 15 is 0 Å². The van der Waals surface area contributed by atoms with Gasteiger partial charge < -0.3 is 23.4 Å². The fraction of sp³-hybridized carbons (Fsp3) is 0.303. The summed E-state index contributed by atoms with van der Waals surface area (Å²) in [6.45, 7) is 6.06. The minimum atomic E-state index is -0.926. The maximum atomic E-state index is 14.2. The van der Waals surface area contributed by atoms with Crippen LogP contribution in [-0.4, -0.2) is 49.5 Å². The summed E-state index contributed by atoms with van der Waals surface area (Å²) < 4.78 is 30.2. The summed E-state index contributed by atoms with van der Waals surface area (Å²) in [5.41, 5.74) is 2.10. The number of hydrogen-bond acceptors (Lipinski definition) is 11. The highest BCUT2D eigenvalue weighted by molar-refractivity contribution is 7.07. The Labute approximate surface area is 268 Å². The molecule has 5 rings (SSSR count). The molecule has 0 radical (unpaired) electrons. The third kappa shape index (κ3) is 6.37. The number of carbonyl (C=O) groups is 1. The Bertz CT molecular complexity index is 2000. The molecule has 0 fully saturated rings. The predicted molar refractivity (Wildman–Crippen MR) is 171 cm³/mol. The van der Waals surface area contributed by atoms with E-state index in [4.69, 9.17) is 23.4 Å². The summed E-state index contributed by atoms with van der Waals surface area (Å²) in [6, 6.07) is 12.4. The number of para-hydroxylation sites is 1. The second-order valence-electron chi connectivity index (χ2n) is 10.4. The van der Waals surface area contributed by atoms with Crippen LogP contribution in [0.4, 0.5) is 5.69 Å². The molecule has 2 aromatic heterocycles. The maximum absolute atomic E-state index is 14.2. The molecule has 1 atom stereocenters. The number of ether oxygens (including phenoxy) is 4. The number of carbonyl (C=O) groups excluding carboxylic acids is 1. The molecule has 0 amide bonds. The summed E-state index contributed by atoms with van der Waals surface area (Å²) >= 11 is 1.16. The number of nitrogens with zero attached hydrogens (tertiary/aromatic N) is 3. The van der Waals surface area contributed by atoms with Gasteiger partial charge >= 0.3 is 5.97 Å². The lowest BCUT2D eigenvalue weighted by Gasteiger charge is -2.27. The Morgan fingerprint density at radius 3 is 2.63 bits per heavy atom. The van der Waals surface area contributed by atoms with Gasteiger partial charge in [-0.15, -0.1) is 0 Å². The number of esters is 1. The summed E-state index contributed by atoms with van der Waals surface area (Å²) in [5.74, 6) is 1.14. The van der Waals surface area contributed by atoms with Crippen LogP contribution >= 0.6 is 11.3 Å². The molecule has 240 valence electrons. The van der Waals surface area contributed by atoms with Crippen LogP contribution in [0.2, 0.25) is 0 Å². The molecule has 4 aromatic rings. The first-order chi connectivity index (χ1) is 22.2. The molecule has 0 unspecified atom stereocenters. The predicted octanol–water partition coefficient (Wildman–Crippen LogP) is 4.70. The van der Waals surface area contributed by atoms with Gasteiger partial charge in [0.1, 0.15) is 24.2 Å². The highest BCUT2D eigenvalue weighted by Gasteiger charge is 2.36. The molecule has 13 heteroatoms. The molecule has 1 aliphatic rings. The maximum Gasteiger partial charge on any atom is 0.338 e. The van der Waals surface area contributed by atoms with Crippen molar-refractivity contribution in [2.45, 2.75) is 33.2 Å². The summed E-state index contributed by atoms with van der Waals surface area (Å²) in [7, 11) is 3.04. The smallest absolute Gasteiger partial charge is 0.338 e. The first-order valence-electron chi connectivity index (χ1n) is 14.5. The van der Waals surface area contributed by atoms with E-state index < -0.39 is 22.5 Å². The van der Waals surface area contributed by atoms with Crippen molar-refractivity contribution in [3.63, 3.8) is 0 Å². The van der Waals surface area contributed by atoms with Crippen LogP contribution in [0.25, 0.3) is 17.4 Å². The van der Waals surface area contributed by atoms with Crippen molar-refractivity contribution < 1.29 is 33.1 Å². The number of nitro benzene ring substituents is 1. The minimum Gasteiger partial charge on any atom is -0.493 e. The molecule has 2 aromatic carbocycles. The minimum absolute atomic E-state index is 0.0137. The third-order valence-electron chi connectivity index (χ3n) is 7.32. The fourth-order valence-corrected chi connectivity index (χ4v) is 6.21. The van der Waals surface area contributed by atoms with Crippen molar-refractivity contribution in [1.29, 1.82) is 0 Å². The zero-order chi connectivity index (χ0) is 33.0. The summed E-state index contributed by atoms with van der Waals surface area (Å²) in [4.78, 5) is 43.5. The molecule has 12 nitrogen and oxygen atoms in total. The van der Waals surface area contributed by atoms with Crippen molar-refractivity contribution in [2.24, 2.45) is 4.99 Å². The van der Waals surface area contributed by atoms with Crippen molar-refractivity contribution in [3.8, 4) is 22.8 Å². The van der Waals surface area contributed by atoms with Gasteiger partial charge in [-0.05, 0) is 50.1 Å². The molecular weight excluding hydrogens is 614 g/mol. The topological polar surface area (TPSA) is 145 Å². The number of thiazole rings is 1. The SMILES string of the molecule is CCCOc1c(OC)cccc1[C@H]1C(C(=O)OCCOC)=C(C)N=c2s/c(=C/c3ccc(-c4ccc([N+](=O)[O-])cc4C)o3)c(=O)n21. The van der Waals surface area contributed by atoms with Gasteiger partial charge in [0.15, 0.2) is 16.3 Å². The molecule has 0 saturated carbocycles. The van der Waals surface area contributed by atoms with E-state index in [1.54, 1.807) is 56.3 Å². The standard InChI is InChI=1S/C33H33N3O9S/c1-6-14-43-30-24(8-7-9-26(30)42-5)29-28(32(38)44-16-15-41-4)20(3)34-33-35(29)31(37)27(46-33)18-22-11-13-25(45-22)23-12-10-21(36(39)40)17-19(23)2/h7-13,17-18,29H,6,14-16H2,1-5H3/b27-18+/t29-/m0/s1. The molecular formula is C33H33N3O9S. The Balaban J connectivity index is 1.64. The number of benzene rings is 2. The van der Waals surface area contributed by atoms with Gasteiger partial charge in [0.05, 0.1) is 41.0 Å². The average molecular weight is 648 g/mol. The van der Waals surface area contributed by atoms with Crippen LogP contribution in [0.5, 0.6) is 11.5 Å². The molecule has 0 N–H and O–H groups in total. The van der Waals surface area contributed by atoms with E-state index in [-0.39, 0.29) is 24.5 Å². The van der Waals surface area contributed by atoms with Gasteiger partial charge in [-0.3, -0.25) is 19.5 Å². The van der Waals surface area contributed by atoms with Gasteiger partial charge in [0.2, 0.25) is 0 Å². The molecule has 0 saturated heterocycles. The molecule has 0 spiro atoms. The molecule has 3 heterocycles. The van der Waals surface area contributed by atoms with E-state index in [1.165, 1.54) is 30.9 Å². The van der Waals surface area contributed by atoms with E-state index in [2.05, 4.69) is 4.99 Å². The zero-order valence-electron chi connectivity index (χ0n) is 26.0. The normalized spacial score (nSPS) is 14.5. The first kappa shape index (κ1) is 32.4. The fourth-order valence-electron chi connectivity index (χ4n) is 5.18. The number of furan rings is 1. The number of aryl methyl sites for hydroxylation is 1. The van der Waals surface area contributed by atoms with Gasteiger partial charge in [0.25, 0.3) is 11.2 Å². The average Bonchev–Trinajstić information content (AvgIpc) is 3.62. The highest BCUT2D eigenvalue weighted by Crippen LogP contribution is 2.41. The molecule has 1 aliphatic heterocycles. The lowest BCUT2D eigenvalue weighted by atomic mass is 9.94. The number of non-ortho nitro benzene ring substituents is 1.